The van der Waals surface area contributed by atoms with Crippen LogP contribution in [0.25, 0.3) is 0 Å². The van der Waals surface area contributed by atoms with Gasteiger partial charge in [-0.05, 0) is 50.2 Å². The molecule has 1 aliphatic heterocycles. The van der Waals surface area contributed by atoms with Crippen LogP contribution in [0.15, 0.2) is 42.6 Å². The normalized spacial score (nSPS) is 14.2. The monoisotopic (exact) mass is 354 g/mol. The Morgan fingerprint density at radius 3 is 2.31 bits per heavy atom. The van der Waals surface area contributed by atoms with E-state index in [1.165, 1.54) is 5.69 Å². The van der Waals surface area contributed by atoms with Gasteiger partial charge in [-0.1, -0.05) is 0 Å². The fraction of sp³-hybridized carbons (Fsp3) is 0.400. The van der Waals surface area contributed by atoms with Crippen molar-refractivity contribution in [1.29, 1.82) is 0 Å². The molecule has 0 aliphatic carbocycles. The van der Waals surface area contributed by atoms with Crippen LogP contribution in [0.1, 0.15) is 24.3 Å². The summed E-state index contributed by atoms with van der Waals surface area (Å²) in [7, 11) is 0. The number of aromatic nitrogens is 1. The molecule has 1 aromatic heterocycles. The predicted octanol–water partition coefficient (Wildman–Crippen LogP) is 3.14. The molecule has 1 aliphatic rings. The van der Waals surface area contributed by atoms with Gasteiger partial charge in [-0.3, -0.25) is 4.79 Å². The number of amides is 1. The van der Waals surface area contributed by atoms with Crippen molar-refractivity contribution in [2.45, 2.75) is 13.8 Å². The number of hydrogen-bond donors (Lipinski definition) is 1. The van der Waals surface area contributed by atoms with Crippen LogP contribution >= 0.6 is 0 Å². The van der Waals surface area contributed by atoms with E-state index in [0.29, 0.717) is 32.0 Å². The molecule has 1 aromatic carbocycles. The van der Waals surface area contributed by atoms with E-state index >= 15 is 0 Å². The first-order valence-electron chi connectivity index (χ1n) is 9.16. The third-order valence-corrected chi connectivity index (χ3v) is 4.57. The molecule has 0 unspecified atom stereocenters. The maximum Gasteiger partial charge on any atom is 0.272 e. The van der Waals surface area contributed by atoms with E-state index in [-0.39, 0.29) is 5.91 Å². The second-order valence-corrected chi connectivity index (χ2v) is 6.18. The number of nitrogens with one attached hydrogen (secondary N) is 1. The number of benzene rings is 1. The average Bonchev–Trinajstić information content (AvgIpc) is 2.71. The van der Waals surface area contributed by atoms with Gasteiger partial charge in [-0.25, -0.2) is 4.98 Å². The first kappa shape index (κ1) is 18.2. The predicted molar refractivity (Wildman–Crippen MR) is 104 cm³/mol. The molecule has 6 heteroatoms. The molecule has 0 radical (unpaired) electrons. The highest BCUT2D eigenvalue weighted by molar-refractivity contribution is 5.92. The minimum atomic E-state index is -0.0385. The molecular weight excluding hydrogens is 328 g/mol. The number of ether oxygens (including phenoxy) is 1. The minimum absolute atomic E-state index is 0.0385. The molecule has 3 rings (SSSR count). The summed E-state index contributed by atoms with van der Waals surface area (Å²) in [5.41, 5.74) is 3.54. The molecule has 2 aromatic rings. The molecule has 0 atom stereocenters. The molecular formula is C20H26N4O2. The van der Waals surface area contributed by atoms with Gasteiger partial charge in [0.2, 0.25) is 0 Å². The smallest absolute Gasteiger partial charge is 0.272 e. The van der Waals surface area contributed by atoms with Crippen molar-refractivity contribution in [1.82, 2.24) is 9.88 Å². The molecule has 1 fully saturated rings. The number of morpholine rings is 1. The number of nitrogens with zero attached hydrogens (tertiary/aromatic N) is 3. The zero-order chi connectivity index (χ0) is 18.4. The van der Waals surface area contributed by atoms with Crippen molar-refractivity contribution in [3.05, 3.63) is 48.3 Å². The highest BCUT2D eigenvalue weighted by Gasteiger charge is 2.19. The van der Waals surface area contributed by atoms with Crippen molar-refractivity contribution in [3.63, 3.8) is 0 Å². The van der Waals surface area contributed by atoms with E-state index in [1.54, 1.807) is 17.2 Å². The fourth-order valence-electron chi connectivity index (χ4n) is 3.03. The number of rotatable bonds is 6. The summed E-state index contributed by atoms with van der Waals surface area (Å²) in [4.78, 5) is 20.8. The van der Waals surface area contributed by atoms with Gasteiger partial charge < -0.3 is 19.9 Å². The summed E-state index contributed by atoms with van der Waals surface area (Å²) in [6.45, 7) is 8.72. The van der Waals surface area contributed by atoms with Crippen molar-refractivity contribution >= 4 is 23.0 Å². The van der Waals surface area contributed by atoms with E-state index < -0.39 is 0 Å². The lowest BCUT2D eigenvalue weighted by Gasteiger charge is -2.26. The van der Waals surface area contributed by atoms with Gasteiger partial charge in [0, 0.05) is 37.6 Å². The lowest BCUT2D eigenvalue weighted by atomic mass is 10.2. The molecule has 1 amide bonds. The van der Waals surface area contributed by atoms with Crippen LogP contribution in [0.2, 0.25) is 0 Å². The van der Waals surface area contributed by atoms with Gasteiger partial charge in [0.25, 0.3) is 5.91 Å². The molecule has 0 spiro atoms. The molecule has 0 bridgehead atoms. The third kappa shape index (κ3) is 4.32. The molecule has 26 heavy (non-hydrogen) atoms. The molecule has 1 N–H and O–H groups in total. The number of pyridine rings is 1. The summed E-state index contributed by atoms with van der Waals surface area (Å²) in [5, 5.41) is 3.33. The van der Waals surface area contributed by atoms with E-state index in [0.717, 1.165) is 24.5 Å². The van der Waals surface area contributed by atoms with Gasteiger partial charge in [-0.2, -0.15) is 0 Å². The highest BCUT2D eigenvalue weighted by Crippen LogP contribution is 2.21. The van der Waals surface area contributed by atoms with Crippen molar-refractivity contribution in [2.24, 2.45) is 0 Å². The molecule has 138 valence electrons. The van der Waals surface area contributed by atoms with E-state index in [9.17, 15) is 4.79 Å². The standard InChI is InChI=1S/C20H26N4O2/c1-3-23(4-2)18-8-5-16(6-9-18)22-17-7-10-19(21-15-17)20(25)24-11-13-26-14-12-24/h5-10,15,22H,3-4,11-14H2,1-2H3. The van der Waals surface area contributed by atoms with E-state index in [4.69, 9.17) is 4.74 Å². The van der Waals surface area contributed by atoms with Crippen LogP contribution in [-0.4, -0.2) is 55.2 Å². The Morgan fingerprint density at radius 2 is 1.73 bits per heavy atom. The summed E-state index contributed by atoms with van der Waals surface area (Å²) in [5.74, 6) is -0.0385. The number of hydrogen-bond acceptors (Lipinski definition) is 5. The van der Waals surface area contributed by atoms with Gasteiger partial charge >= 0.3 is 0 Å². The molecule has 0 saturated carbocycles. The van der Waals surface area contributed by atoms with Crippen LogP contribution in [0.4, 0.5) is 17.1 Å². The van der Waals surface area contributed by atoms with Crippen molar-refractivity contribution in [3.8, 4) is 0 Å². The van der Waals surface area contributed by atoms with Crippen molar-refractivity contribution < 1.29 is 9.53 Å². The zero-order valence-corrected chi connectivity index (χ0v) is 15.4. The summed E-state index contributed by atoms with van der Waals surface area (Å²) >= 11 is 0. The average molecular weight is 354 g/mol. The van der Waals surface area contributed by atoms with Gasteiger partial charge in [-0.15, -0.1) is 0 Å². The maximum absolute atomic E-state index is 12.4. The quantitative estimate of drug-likeness (QED) is 0.864. The third-order valence-electron chi connectivity index (χ3n) is 4.57. The van der Waals surface area contributed by atoms with Crippen LogP contribution in [0.5, 0.6) is 0 Å². The van der Waals surface area contributed by atoms with Gasteiger partial charge in [0.15, 0.2) is 0 Å². The minimum Gasteiger partial charge on any atom is -0.378 e. The fourth-order valence-corrected chi connectivity index (χ4v) is 3.03. The first-order valence-corrected chi connectivity index (χ1v) is 9.16. The van der Waals surface area contributed by atoms with Crippen LogP contribution in [0, 0.1) is 0 Å². The Morgan fingerprint density at radius 1 is 1.08 bits per heavy atom. The van der Waals surface area contributed by atoms with Crippen molar-refractivity contribution in [2.75, 3.05) is 49.6 Å². The first-order chi connectivity index (χ1) is 12.7. The lowest BCUT2D eigenvalue weighted by molar-refractivity contribution is 0.0299. The summed E-state index contributed by atoms with van der Waals surface area (Å²) in [6.07, 6.45) is 1.70. The Bertz CT molecular complexity index is 706. The largest absolute Gasteiger partial charge is 0.378 e. The highest BCUT2D eigenvalue weighted by atomic mass is 16.5. The van der Waals surface area contributed by atoms with Crippen LogP contribution in [-0.2, 0) is 4.74 Å². The topological polar surface area (TPSA) is 57.7 Å². The Kier molecular flexibility index (Phi) is 6.07. The molecule has 1 saturated heterocycles. The molecule has 6 nitrogen and oxygen atoms in total. The number of carbonyl (C=O) groups is 1. The summed E-state index contributed by atoms with van der Waals surface area (Å²) in [6, 6.07) is 12.0. The van der Waals surface area contributed by atoms with Gasteiger partial charge in [0.1, 0.15) is 5.69 Å². The van der Waals surface area contributed by atoms with E-state index in [2.05, 4.69) is 53.3 Å². The lowest BCUT2D eigenvalue weighted by Crippen LogP contribution is -2.41. The Balaban J connectivity index is 1.63. The number of anilines is 3. The van der Waals surface area contributed by atoms with E-state index in [1.807, 2.05) is 6.07 Å². The zero-order valence-electron chi connectivity index (χ0n) is 15.4. The van der Waals surface area contributed by atoms with Crippen LogP contribution in [0.3, 0.4) is 0 Å². The second-order valence-electron chi connectivity index (χ2n) is 6.18. The Hall–Kier alpha value is -2.60. The Labute approximate surface area is 154 Å². The molecule has 2 heterocycles. The second kappa shape index (κ2) is 8.67. The number of carbonyl (C=O) groups excluding carboxylic acids is 1. The van der Waals surface area contributed by atoms with Gasteiger partial charge in [0.05, 0.1) is 25.1 Å². The van der Waals surface area contributed by atoms with Crippen LogP contribution < -0.4 is 10.2 Å². The maximum atomic E-state index is 12.4. The summed E-state index contributed by atoms with van der Waals surface area (Å²) < 4.78 is 5.28. The SMILES string of the molecule is CCN(CC)c1ccc(Nc2ccc(C(=O)N3CCOCC3)nc2)cc1.